The van der Waals surface area contributed by atoms with Gasteiger partial charge in [0, 0.05) is 12.8 Å². The van der Waals surface area contributed by atoms with Gasteiger partial charge in [0.05, 0.1) is 0 Å². The molecular formula is C8H12O2. The molecule has 10 heavy (non-hydrogen) atoms. The minimum Gasteiger partial charge on any atom is -0.509 e. The number of hydrogen-bond donors (Lipinski definition) is 2. The fraction of sp³-hybridized carbons (Fsp3) is 0.500. The first-order valence-corrected chi connectivity index (χ1v) is 3.55. The van der Waals surface area contributed by atoms with Crippen molar-refractivity contribution in [2.75, 3.05) is 0 Å². The molecule has 0 fully saturated rings. The van der Waals surface area contributed by atoms with Crippen LogP contribution in [0.1, 0.15) is 25.7 Å². The predicted octanol–water partition coefficient (Wildman–Crippen LogP) is 2.44. The largest absolute Gasteiger partial charge is 0.509 e. The van der Waals surface area contributed by atoms with Crippen molar-refractivity contribution in [2.24, 2.45) is 0 Å². The van der Waals surface area contributed by atoms with Crippen LogP contribution in [0.3, 0.4) is 0 Å². The molecule has 2 N–H and O–H groups in total. The molecule has 0 atom stereocenters. The zero-order valence-corrected chi connectivity index (χ0v) is 5.88. The molecule has 0 saturated heterocycles. The summed E-state index contributed by atoms with van der Waals surface area (Å²) in [7, 11) is 0. The second-order valence-electron chi connectivity index (χ2n) is 2.44. The van der Waals surface area contributed by atoms with E-state index in [1.54, 1.807) is 0 Å². The molecule has 0 heterocycles. The van der Waals surface area contributed by atoms with E-state index in [-0.39, 0.29) is 11.5 Å². The monoisotopic (exact) mass is 140 g/mol. The Bertz CT molecular complexity index is 150. The van der Waals surface area contributed by atoms with Gasteiger partial charge in [-0.3, -0.25) is 0 Å². The van der Waals surface area contributed by atoms with Gasteiger partial charge >= 0.3 is 0 Å². The Hall–Kier alpha value is -0.920. The van der Waals surface area contributed by atoms with Gasteiger partial charge in [-0.1, -0.05) is 12.2 Å². The Labute approximate surface area is 60.5 Å². The molecule has 1 aliphatic rings. The lowest BCUT2D eigenvalue weighted by Crippen LogP contribution is -1.92. The van der Waals surface area contributed by atoms with Gasteiger partial charge in [-0.15, -0.1) is 0 Å². The Kier molecular flexibility index (Phi) is 2.37. The molecule has 0 spiro atoms. The summed E-state index contributed by atoms with van der Waals surface area (Å²) >= 11 is 0. The third-order valence-electron chi connectivity index (χ3n) is 1.60. The first-order valence-electron chi connectivity index (χ1n) is 3.55. The third-order valence-corrected chi connectivity index (χ3v) is 1.60. The maximum Gasteiger partial charge on any atom is 0.130 e. The van der Waals surface area contributed by atoms with Gasteiger partial charge in [-0.05, 0) is 12.8 Å². The van der Waals surface area contributed by atoms with Crippen LogP contribution >= 0.6 is 0 Å². The normalized spacial score (nSPS) is 20.4. The molecule has 2 heteroatoms. The number of allylic oxidation sites excluding steroid dienone is 4. The van der Waals surface area contributed by atoms with Crippen LogP contribution in [0.2, 0.25) is 0 Å². The lowest BCUT2D eigenvalue weighted by Gasteiger charge is -2.04. The molecule has 0 aromatic heterocycles. The fourth-order valence-electron chi connectivity index (χ4n) is 0.964. The van der Waals surface area contributed by atoms with E-state index in [4.69, 9.17) is 10.2 Å². The van der Waals surface area contributed by atoms with Gasteiger partial charge in [-0.2, -0.15) is 0 Å². The van der Waals surface area contributed by atoms with Crippen LogP contribution in [0.4, 0.5) is 0 Å². The van der Waals surface area contributed by atoms with Gasteiger partial charge < -0.3 is 10.2 Å². The van der Waals surface area contributed by atoms with Gasteiger partial charge in [-0.25, -0.2) is 0 Å². The molecule has 2 nitrogen and oxygen atoms in total. The molecule has 0 unspecified atom stereocenters. The van der Waals surface area contributed by atoms with Crippen molar-refractivity contribution in [1.82, 2.24) is 0 Å². The minimum absolute atomic E-state index is 0.157. The lowest BCUT2D eigenvalue weighted by molar-refractivity contribution is 0.298. The fourth-order valence-corrected chi connectivity index (χ4v) is 0.964. The van der Waals surface area contributed by atoms with Gasteiger partial charge in [0.15, 0.2) is 0 Å². The highest BCUT2D eigenvalue weighted by atomic mass is 16.3. The van der Waals surface area contributed by atoms with Crippen LogP contribution in [-0.2, 0) is 0 Å². The van der Waals surface area contributed by atoms with E-state index in [1.807, 2.05) is 12.2 Å². The summed E-state index contributed by atoms with van der Waals surface area (Å²) in [6.07, 6.45) is 6.86. The first-order chi connectivity index (χ1) is 4.80. The van der Waals surface area contributed by atoms with Crippen LogP contribution in [-0.4, -0.2) is 10.2 Å². The molecular weight excluding hydrogens is 128 g/mol. The molecule has 0 bridgehead atoms. The van der Waals surface area contributed by atoms with E-state index in [0.29, 0.717) is 12.8 Å². The summed E-state index contributed by atoms with van der Waals surface area (Å²) in [4.78, 5) is 0. The Morgan fingerprint density at radius 2 is 1.30 bits per heavy atom. The maximum atomic E-state index is 9.08. The van der Waals surface area contributed by atoms with Crippen LogP contribution in [0.15, 0.2) is 23.7 Å². The van der Waals surface area contributed by atoms with E-state index >= 15 is 0 Å². The summed E-state index contributed by atoms with van der Waals surface area (Å²) in [5.41, 5.74) is 0. The second kappa shape index (κ2) is 3.30. The number of rotatable bonds is 0. The first kappa shape index (κ1) is 7.19. The standard InChI is InChI=1S/C8H12O2/c9-7-5-3-1-2-4-6-8(7)10/h1-2,9-10H,3-6H2. The number of hydrogen-bond acceptors (Lipinski definition) is 2. The van der Waals surface area contributed by atoms with Crippen molar-refractivity contribution < 1.29 is 10.2 Å². The average molecular weight is 140 g/mol. The molecule has 0 saturated carbocycles. The highest BCUT2D eigenvalue weighted by molar-refractivity contribution is 5.03. The Morgan fingerprint density at radius 1 is 0.900 bits per heavy atom. The van der Waals surface area contributed by atoms with Gasteiger partial charge in [0.2, 0.25) is 0 Å². The molecule has 0 aliphatic heterocycles. The van der Waals surface area contributed by atoms with Gasteiger partial charge in [0.1, 0.15) is 11.5 Å². The molecule has 0 aromatic rings. The molecule has 0 aromatic carbocycles. The van der Waals surface area contributed by atoms with E-state index in [9.17, 15) is 0 Å². The van der Waals surface area contributed by atoms with E-state index in [2.05, 4.69) is 0 Å². The van der Waals surface area contributed by atoms with Crippen molar-refractivity contribution in [1.29, 1.82) is 0 Å². The summed E-state index contributed by atoms with van der Waals surface area (Å²) in [6.45, 7) is 0. The average Bonchev–Trinajstić information content (AvgIpc) is 1.92. The van der Waals surface area contributed by atoms with Crippen molar-refractivity contribution in [3.63, 3.8) is 0 Å². The van der Waals surface area contributed by atoms with Crippen LogP contribution in [0.25, 0.3) is 0 Å². The third kappa shape index (κ3) is 1.79. The van der Waals surface area contributed by atoms with Crippen LogP contribution < -0.4 is 0 Å². The second-order valence-corrected chi connectivity index (χ2v) is 2.44. The highest BCUT2D eigenvalue weighted by Crippen LogP contribution is 2.14. The van der Waals surface area contributed by atoms with E-state index in [1.165, 1.54) is 0 Å². The van der Waals surface area contributed by atoms with E-state index < -0.39 is 0 Å². The lowest BCUT2D eigenvalue weighted by atomic mass is 10.1. The number of aliphatic hydroxyl groups excluding tert-OH is 2. The van der Waals surface area contributed by atoms with Crippen LogP contribution in [0.5, 0.6) is 0 Å². The Balaban J connectivity index is 2.57. The molecule has 1 rings (SSSR count). The smallest absolute Gasteiger partial charge is 0.130 e. The summed E-state index contributed by atoms with van der Waals surface area (Å²) < 4.78 is 0. The van der Waals surface area contributed by atoms with Gasteiger partial charge in [0.25, 0.3) is 0 Å². The molecule has 1 aliphatic carbocycles. The highest BCUT2D eigenvalue weighted by Gasteiger charge is 2.03. The SMILES string of the molecule is OC1=C(O)CCC=CCC1. The summed E-state index contributed by atoms with van der Waals surface area (Å²) in [5.74, 6) is 0.314. The van der Waals surface area contributed by atoms with Crippen LogP contribution in [0, 0.1) is 0 Å². The predicted molar refractivity (Wildman–Crippen MR) is 39.9 cm³/mol. The van der Waals surface area contributed by atoms with Crippen molar-refractivity contribution >= 4 is 0 Å². The zero-order valence-electron chi connectivity index (χ0n) is 5.88. The molecule has 0 amide bonds. The quantitative estimate of drug-likeness (QED) is 0.507. The van der Waals surface area contributed by atoms with E-state index in [0.717, 1.165) is 12.8 Å². The summed E-state index contributed by atoms with van der Waals surface area (Å²) in [6, 6.07) is 0. The van der Waals surface area contributed by atoms with Crippen molar-refractivity contribution in [3.05, 3.63) is 23.7 Å². The maximum absolute atomic E-state index is 9.08. The number of aliphatic hydroxyl groups is 2. The van der Waals surface area contributed by atoms with Crippen molar-refractivity contribution in [2.45, 2.75) is 25.7 Å². The zero-order chi connectivity index (χ0) is 7.40. The van der Waals surface area contributed by atoms with Crippen molar-refractivity contribution in [3.8, 4) is 0 Å². The molecule has 0 radical (unpaired) electrons. The minimum atomic E-state index is 0.157. The summed E-state index contributed by atoms with van der Waals surface area (Å²) in [5, 5.41) is 18.2. The topological polar surface area (TPSA) is 40.5 Å². The molecule has 56 valence electrons. The Morgan fingerprint density at radius 3 is 1.70 bits per heavy atom.